The molecule has 98 valence electrons. The number of hydrogen-bond donors (Lipinski definition) is 2. The van der Waals surface area contributed by atoms with Crippen LogP contribution in [-0.2, 0) is 6.42 Å². The van der Waals surface area contributed by atoms with Gasteiger partial charge < -0.3 is 15.1 Å². The fourth-order valence-corrected chi connectivity index (χ4v) is 2.26. The van der Waals surface area contributed by atoms with Gasteiger partial charge in [0.25, 0.3) is 5.91 Å². The average Bonchev–Trinajstić information content (AvgIpc) is 2.85. The van der Waals surface area contributed by atoms with Gasteiger partial charge in [-0.05, 0) is 43.5 Å². The van der Waals surface area contributed by atoms with Gasteiger partial charge in [-0.2, -0.15) is 0 Å². The van der Waals surface area contributed by atoms with Crippen LogP contribution in [0.2, 0.25) is 0 Å². The van der Waals surface area contributed by atoms with E-state index in [1.165, 1.54) is 12.0 Å². The largest absolute Gasteiger partial charge is 0.438 e. The molecule has 5 nitrogen and oxygen atoms in total. The third kappa shape index (κ3) is 2.31. The zero-order valence-corrected chi connectivity index (χ0v) is 10.7. The molecule has 1 aliphatic rings. The first-order chi connectivity index (χ1) is 9.24. The Morgan fingerprint density at radius 1 is 1.47 bits per heavy atom. The van der Waals surface area contributed by atoms with Crippen molar-refractivity contribution in [1.29, 1.82) is 0 Å². The molecule has 1 aliphatic heterocycles. The summed E-state index contributed by atoms with van der Waals surface area (Å²) < 4.78 is 5.08. The standard InChI is InChI=1S/C14H15N3O2/c1-9-13(19-8-16-9)14(18)17-11-4-5-12-10(7-11)3-2-6-15-12/h4-5,7-8,15H,2-3,6H2,1H3,(H,17,18). The predicted molar refractivity (Wildman–Crippen MR) is 72.4 cm³/mol. The molecular weight excluding hydrogens is 242 g/mol. The maximum absolute atomic E-state index is 12.0. The fourth-order valence-electron chi connectivity index (χ4n) is 2.26. The van der Waals surface area contributed by atoms with Gasteiger partial charge in [-0.1, -0.05) is 0 Å². The Hall–Kier alpha value is -2.30. The lowest BCUT2D eigenvalue weighted by Crippen LogP contribution is -2.15. The minimum atomic E-state index is -0.265. The normalized spacial score (nSPS) is 13.5. The highest BCUT2D eigenvalue weighted by Crippen LogP contribution is 2.25. The van der Waals surface area contributed by atoms with Crippen LogP contribution in [-0.4, -0.2) is 17.4 Å². The maximum atomic E-state index is 12.0. The minimum Gasteiger partial charge on any atom is -0.438 e. The van der Waals surface area contributed by atoms with Crippen LogP contribution < -0.4 is 10.6 Å². The molecule has 0 bridgehead atoms. The summed E-state index contributed by atoms with van der Waals surface area (Å²) in [5.41, 5.74) is 3.76. The van der Waals surface area contributed by atoms with Crippen LogP contribution in [0.15, 0.2) is 29.0 Å². The van der Waals surface area contributed by atoms with Gasteiger partial charge in [0.15, 0.2) is 6.39 Å². The lowest BCUT2D eigenvalue weighted by atomic mass is 10.0. The molecule has 0 atom stereocenters. The summed E-state index contributed by atoms with van der Waals surface area (Å²) in [6.07, 6.45) is 3.43. The van der Waals surface area contributed by atoms with Gasteiger partial charge in [-0.3, -0.25) is 4.79 Å². The van der Waals surface area contributed by atoms with Gasteiger partial charge in [0.05, 0.1) is 5.69 Å². The van der Waals surface area contributed by atoms with Crippen LogP contribution in [0, 0.1) is 6.92 Å². The number of carbonyl (C=O) groups is 1. The van der Waals surface area contributed by atoms with E-state index in [0.29, 0.717) is 5.69 Å². The number of fused-ring (bicyclic) bond motifs is 1. The molecule has 2 aromatic rings. The molecular formula is C14H15N3O2. The molecule has 3 rings (SSSR count). The summed E-state index contributed by atoms with van der Waals surface area (Å²) >= 11 is 0. The Kier molecular flexibility index (Phi) is 2.95. The number of nitrogens with zero attached hydrogens (tertiary/aromatic N) is 1. The fraction of sp³-hybridized carbons (Fsp3) is 0.286. The number of rotatable bonds is 2. The number of oxazole rings is 1. The summed E-state index contributed by atoms with van der Waals surface area (Å²) in [4.78, 5) is 15.9. The van der Waals surface area contributed by atoms with E-state index in [0.717, 1.165) is 30.8 Å². The highest BCUT2D eigenvalue weighted by atomic mass is 16.3. The SMILES string of the molecule is Cc1ncoc1C(=O)Nc1ccc2c(c1)CCCN2. The molecule has 1 amide bonds. The second-order valence-corrected chi connectivity index (χ2v) is 4.62. The molecule has 0 saturated heterocycles. The van der Waals surface area contributed by atoms with Crippen molar-refractivity contribution in [3.63, 3.8) is 0 Å². The van der Waals surface area contributed by atoms with Crippen LogP contribution in [0.25, 0.3) is 0 Å². The van der Waals surface area contributed by atoms with Crippen LogP contribution in [0.5, 0.6) is 0 Å². The first-order valence-corrected chi connectivity index (χ1v) is 6.32. The van der Waals surface area contributed by atoms with Gasteiger partial charge in [-0.25, -0.2) is 4.98 Å². The summed E-state index contributed by atoms with van der Waals surface area (Å²) in [5.74, 6) is -0.00503. The molecule has 0 spiro atoms. The molecule has 2 heterocycles. The summed E-state index contributed by atoms with van der Waals surface area (Å²) in [7, 11) is 0. The number of carbonyl (C=O) groups excluding carboxylic acids is 1. The third-order valence-corrected chi connectivity index (χ3v) is 3.25. The van der Waals surface area contributed by atoms with Crippen molar-refractivity contribution >= 4 is 17.3 Å². The van der Waals surface area contributed by atoms with Crippen molar-refractivity contribution < 1.29 is 9.21 Å². The molecule has 0 radical (unpaired) electrons. The van der Waals surface area contributed by atoms with Gasteiger partial charge >= 0.3 is 0 Å². The van der Waals surface area contributed by atoms with Gasteiger partial charge in [0.1, 0.15) is 0 Å². The molecule has 0 unspecified atom stereocenters. The number of amides is 1. The Balaban J connectivity index is 1.80. The lowest BCUT2D eigenvalue weighted by Gasteiger charge is -2.18. The van der Waals surface area contributed by atoms with Gasteiger partial charge in [0.2, 0.25) is 5.76 Å². The summed E-state index contributed by atoms with van der Waals surface area (Å²) in [5, 5.41) is 6.17. The van der Waals surface area contributed by atoms with E-state index in [2.05, 4.69) is 15.6 Å². The number of aryl methyl sites for hydroxylation is 2. The van der Waals surface area contributed by atoms with Crippen molar-refractivity contribution in [2.24, 2.45) is 0 Å². The number of hydrogen-bond acceptors (Lipinski definition) is 4. The highest BCUT2D eigenvalue weighted by Gasteiger charge is 2.15. The molecule has 19 heavy (non-hydrogen) atoms. The van der Waals surface area contributed by atoms with E-state index in [4.69, 9.17) is 4.42 Å². The Labute approximate surface area is 111 Å². The molecule has 1 aromatic heterocycles. The number of anilines is 2. The second-order valence-electron chi connectivity index (χ2n) is 4.62. The predicted octanol–water partition coefficient (Wildman–Crippen LogP) is 2.59. The van der Waals surface area contributed by atoms with Gasteiger partial charge in [-0.15, -0.1) is 0 Å². The molecule has 2 N–H and O–H groups in total. The van der Waals surface area contributed by atoms with Crippen molar-refractivity contribution in [3.05, 3.63) is 41.6 Å². The van der Waals surface area contributed by atoms with Crippen LogP contribution in [0.4, 0.5) is 11.4 Å². The number of aromatic nitrogens is 1. The molecule has 0 fully saturated rings. The van der Waals surface area contributed by atoms with E-state index in [1.807, 2.05) is 18.2 Å². The quantitative estimate of drug-likeness (QED) is 0.867. The Bertz CT molecular complexity index is 619. The summed E-state index contributed by atoms with van der Waals surface area (Å²) in [6.45, 7) is 2.76. The van der Waals surface area contributed by atoms with E-state index in [9.17, 15) is 4.79 Å². The molecule has 0 saturated carbocycles. The molecule has 1 aromatic carbocycles. The van der Waals surface area contributed by atoms with Crippen LogP contribution in [0.1, 0.15) is 28.2 Å². The lowest BCUT2D eigenvalue weighted by molar-refractivity contribution is 0.0996. The Morgan fingerprint density at radius 2 is 2.37 bits per heavy atom. The summed E-state index contributed by atoms with van der Waals surface area (Å²) in [6, 6.07) is 5.89. The van der Waals surface area contributed by atoms with Crippen molar-refractivity contribution in [2.75, 3.05) is 17.2 Å². The first kappa shape index (κ1) is 11.8. The maximum Gasteiger partial charge on any atom is 0.293 e. The van der Waals surface area contributed by atoms with E-state index in [1.54, 1.807) is 6.92 Å². The highest BCUT2D eigenvalue weighted by molar-refractivity contribution is 6.03. The van der Waals surface area contributed by atoms with Crippen molar-refractivity contribution in [1.82, 2.24) is 4.98 Å². The van der Waals surface area contributed by atoms with E-state index < -0.39 is 0 Å². The van der Waals surface area contributed by atoms with Gasteiger partial charge in [0, 0.05) is 17.9 Å². The topological polar surface area (TPSA) is 67.2 Å². The van der Waals surface area contributed by atoms with E-state index in [-0.39, 0.29) is 11.7 Å². The van der Waals surface area contributed by atoms with Crippen molar-refractivity contribution in [2.45, 2.75) is 19.8 Å². The zero-order valence-electron chi connectivity index (χ0n) is 10.7. The Morgan fingerprint density at radius 3 is 3.16 bits per heavy atom. The van der Waals surface area contributed by atoms with E-state index >= 15 is 0 Å². The van der Waals surface area contributed by atoms with Crippen LogP contribution >= 0.6 is 0 Å². The smallest absolute Gasteiger partial charge is 0.293 e. The zero-order chi connectivity index (χ0) is 13.2. The number of benzene rings is 1. The molecule has 5 heteroatoms. The monoisotopic (exact) mass is 257 g/mol. The second kappa shape index (κ2) is 4.76. The van der Waals surface area contributed by atoms with Crippen LogP contribution in [0.3, 0.4) is 0 Å². The third-order valence-electron chi connectivity index (χ3n) is 3.25. The first-order valence-electron chi connectivity index (χ1n) is 6.32. The number of nitrogens with one attached hydrogen (secondary N) is 2. The van der Waals surface area contributed by atoms with Crippen molar-refractivity contribution in [3.8, 4) is 0 Å². The minimum absolute atomic E-state index is 0.260. The molecule has 0 aliphatic carbocycles. The average molecular weight is 257 g/mol.